The first-order chi connectivity index (χ1) is 16.3. The van der Waals surface area contributed by atoms with E-state index in [1.807, 2.05) is 0 Å². The monoisotopic (exact) mass is 498 g/mol. The Balaban J connectivity index is 1.49. The molecule has 0 atom stereocenters. The predicted octanol–water partition coefficient (Wildman–Crippen LogP) is 4.49. The second kappa shape index (κ2) is 10.1. The van der Waals surface area contributed by atoms with Crippen LogP contribution in [0.5, 0.6) is 5.75 Å². The van der Waals surface area contributed by atoms with E-state index in [0.29, 0.717) is 38.1 Å². The van der Waals surface area contributed by atoms with E-state index in [1.54, 1.807) is 35.7 Å². The zero-order valence-electron chi connectivity index (χ0n) is 18.1. The van der Waals surface area contributed by atoms with Crippen LogP contribution < -0.4 is 20.9 Å². The molecule has 34 heavy (non-hydrogen) atoms. The van der Waals surface area contributed by atoms with Gasteiger partial charge in [-0.05, 0) is 35.9 Å². The van der Waals surface area contributed by atoms with Crippen molar-refractivity contribution < 1.29 is 18.7 Å². The molecule has 2 heterocycles. The van der Waals surface area contributed by atoms with Crippen LogP contribution in [0.1, 0.15) is 6.92 Å². The first-order valence-electron chi connectivity index (χ1n) is 10.00. The minimum absolute atomic E-state index is 0.0157. The van der Waals surface area contributed by atoms with E-state index in [9.17, 15) is 18.8 Å². The van der Waals surface area contributed by atoms with Gasteiger partial charge in [0.15, 0.2) is 5.16 Å². The van der Waals surface area contributed by atoms with Crippen molar-refractivity contribution in [3.05, 3.63) is 64.0 Å². The van der Waals surface area contributed by atoms with Crippen LogP contribution in [0.15, 0.2) is 57.8 Å². The third kappa shape index (κ3) is 5.26. The highest BCUT2D eigenvalue weighted by molar-refractivity contribution is 7.99. The van der Waals surface area contributed by atoms with Gasteiger partial charge in [-0.25, -0.2) is 9.37 Å². The van der Waals surface area contributed by atoms with Crippen LogP contribution in [-0.2, 0) is 9.59 Å². The van der Waals surface area contributed by atoms with Crippen LogP contribution in [0.2, 0.25) is 0 Å². The molecule has 0 radical (unpaired) electrons. The van der Waals surface area contributed by atoms with Crippen molar-refractivity contribution in [2.24, 2.45) is 0 Å². The standard InChI is InChI=1S/C23H19FN4O4S2/c1-12(29)25-15-7-8-18(32-2)17(9-15)26-19(30)11-34-23-27-21(31)20-16(10-33-22(20)28-23)13-3-5-14(24)6-4-13/h3-10H,11H2,1-2H3,(H,25,29)(H,26,30)(H,27,28,31). The molecule has 0 saturated heterocycles. The molecule has 4 aromatic rings. The second-order valence-electron chi connectivity index (χ2n) is 7.14. The number of rotatable bonds is 7. The van der Waals surface area contributed by atoms with Crippen LogP contribution in [0.3, 0.4) is 0 Å². The summed E-state index contributed by atoms with van der Waals surface area (Å²) in [7, 11) is 1.48. The van der Waals surface area contributed by atoms with E-state index in [2.05, 4.69) is 20.6 Å². The quantitative estimate of drug-likeness (QED) is 0.256. The molecule has 0 spiro atoms. The average molecular weight is 499 g/mol. The van der Waals surface area contributed by atoms with Gasteiger partial charge in [0.25, 0.3) is 5.56 Å². The normalized spacial score (nSPS) is 10.8. The first kappa shape index (κ1) is 23.5. The Labute approximate surface area is 201 Å². The Morgan fingerprint density at radius 3 is 2.65 bits per heavy atom. The summed E-state index contributed by atoms with van der Waals surface area (Å²) in [5.41, 5.74) is 1.98. The number of aromatic nitrogens is 2. The van der Waals surface area contributed by atoms with Gasteiger partial charge in [-0.2, -0.15) is 0 Å². The van der Waals surface area contributed by atoms with Crippen molar-refractivity contribution in [3.8, 4) is 16.9 Å². The number of anilines is 2. The number of benzene rings is 2. The lowest BCUT2D eigenvalue weighted by Crippen LogP contribution is -2.16. The highest BCUT2D eigenvalue weighted by atomic mass is 32.2. The van der Waals surface area contributed by atoms with E-state index in [0.717, 1.165) is 17.3 Å². The Hall–Kier alpha value is -3.70. The van der Waals surface area contributed by atoms with Gasteiger partial charge >= 0.3 is 0 Å². The molecule has 0 unspecified atom stereocenters. The van der Waals surface area contributed by atoms with Crippen LogP contribution in [-0.4, -0.2) is 34.6 Å². The van der Waals surface area contributed by atoms with E-state index >= 15 is 0 Å². The molecule has 2 amide bonds. The van der Waals surface area contributed by atoms with Crippen molar-refractivity contribution in [1.82, 2.24) is 9.97 Å². The SMILES string of the molecule is COc1ccc(NC(C)=O)cc1NC(=O)CSc1nc2scc(-c3ccc(F)cc3)c2c(=O)[nH]1. The van der Waals surface area contributed by atoms with Crippen molar-refractivity contribution >= 4 is 56.5 Å². The lowest BCUT2D eigenvalue weighted by Gasteiger charge is -2.12. The lowest BCUT2D eigenvalue weighted by molar-refractivity contribution is -0.114. The third-order valence-electron chi connectivity index (χ3n) is 4.71. The van der Waals surface area contributed by atoms with Crippen molar-refractivity contribution in [1.29, 1.82) is 0 Å². The minimum atomic E-state index is -0.355. The summed E-state index contributed by atoms with van der Waals surface area (Å²) in [6, 6.07) is 10.8. The average Bonchev–Trinajstić information content (AvgIpc) is 3.23. The van der Waals surface area contributed by atoms with E-state index in [-0.39, 0.29) is 28.9 Å². The fourth-order valence-electron chi connectivity index (χ4n) is 3.25. The number of nitrogens with zero attached hydrogens (tertiary/aromatic N) is 1. The highest BCUT2D eigenvalue weighted by Gasteiger charge is 2.15. The molecular weight excluding hydrogens is 479 g/mol. The molecule has 0 fully saturated rings. The number of methoxy groups -OCH3 is 1. The zero-order chi connectivity index (χ0) is 24.2. The summed E-state index contributed by atoms with van der Waals surface area (Å²) in [5, 5.41) is 7.92. The zero-order valence-corrected chi connectivity index (χ0v) is 19.7. The van der Waals surface area contributed by atoms with Gasteiger partial charge < -0.3 is 20.4 Å². The predicted molar refractivity (Wildman–Crippen MR) is 132 cm³/mol. The molecule has 0 aliphatic carbocycles. The summed E-state index contributed by atoms with van der Waals surface area (Å²) in [6.07, 6.45) is 0. The number of carbonyl (C=O) groups excluding carboxylic acids is 2. The van der Waals surface area contributed by atoms with Crippen molar-refractivity contribution in [2.45, 2.75) is 12.1 Å². The van der Waals surface area contributed by atoms with E-state index < -0.39 is 0 Å². The molecule has 11 heteroatoms. The number of hydrogen-bond donors (Lipinski definition) is 3. The van der Waals surface area contributed by atoms with Gasteiger partial charge in [-0.1, -0.05) is 23.9 Å². The van der Waals surface area contributed by atoms with Crippen LogP contribution in [0, 0.1) is 5.82 Å². The summed E-state index contributed by atoms with van der Waals surface area (Å²) >= 11 is 2.38. The topological polar surface area (TPSA) is 113 Å². The number of nitrogens with one attached hydrogen (secondary N) is 3. The number of fused-ring (bicyclic) bond motifs is 1. The number of amides is 2. The largest absolute Gasteiger partial charge is 0.495 e. The summed E-state index contributed by atoms with van der Waals surface area (Å²) in [6.45, 7) is 1.39. The third-order valence-corrected chi connectivity index (χ3v) is 6.46. The van der Waals surface area contributed by atoms with Crippen LogP contribution >= 0.6 is 23.1 Å². The summed E-state index contributed by atoms with van der Waals surface area (Å²) in [5.74, 6) is -0.513. The molecule has 0 bridgehead atoms. The number of H-pyrrole nitrogens is 1. The molecule has 0 aliphatic rings. The highest BCUT2D eigenvalue weighted by Crippen LogP contribution is 2.32. The fraction of sp³-hybridized carbons (Fsp3) is 0.130. The fourth-order valence-corrected chi connectivity index (χ4v) is 4.91. The van der Waals surface area contributed by atoms with Gasteiger partial charge in [0.05, 0.1) is 23.9 Å². The van der Waals surface area contributed by atoms with Crippen molar-refractivity contribution in [3.63, 3.8) is 0 Å². The Morgan fingerprint density at radius 1 is 1.18 bits per heavy atom. The summed E-state index contributed by atoms with van der Waals surface area (Å²) in [4.78, 5) is 44.3. The lowest BCUT2D eigenvalue weighted by atomic mass is 10.1. The molecule has 174 valence electrons. The van der Waals surface area contributed by atoms with Crippen LogP contribution in [0.4, 0.5) is 15.8 Å². The van der Waals surface area contributed by atoms with Crippen LogP contribution in [0.25, 0.3) is 21.3 Å². The number of carbonyl (C=O) groups is 2. The molecule has 2 aromatic heterocycles. The molecule has 3 N–H and O–H groups in total. The summed E-state index contributed by atoms with van der Waals surface area (Å²) < 4.78 is 18.5. The van der Waals surface area contributed by atoms with Gasteiger partial charge in [0.1, 0.15) is 16.4 Å². The molecule has 0 saturated carbocycles. The molecule has 8 nitrogen and oxygen atoms in total. The van der Waals surface area contributed by atoms with Gasteiger partial charge in [0, 0.05) is 23.6 Å². The molecule has 0 aliphatic heterocycles. The van der Waals surface area contributed by atoms with E-state index in [1.165, 1.54) is 37.5 Å². The Kier molecular flexibility index (Phi) is 6.94. The molecule has 2 aromatic carbocycles. The smallest absolute Gasteiger partial charge is 0.260 e. The number of thiophene rings is 1. The number of ether oxygens (including phenoxy) is 1. The maximum Gasteiger partial charge on any atom is 0.260 e. The molecular formula is C23H19FN4O4S2. The second-order valence-corrected chi connectivity index (χ2v) is 8.96. The van der Waals surface area contributed by atoms with E-state index in [4.69, 9.17) is 4.74 Å². The first-order valence-corrected chi connectivity index (χ1v) is 11.9. The minimum Gasteiger partial charge on any atom is -0.495 e. The Morgan fingerprint density at radius 2 is 1.94 bits per heavy atom. The number of thioether (sulfide) groups is 1. The number of halogens is 1. The molecule has 4 rings (SSSR count). The van der Waals surface area contributed by atoms with Gasteiger partial charge in [-0.15, -0.1) is 11.3 Å². The maximum absolute atomic E-state index is 13.2. The number of hydrogen-bond acceptors (Lipinski definition) is 7. The Bertz CT molecular complexity index is 1430. The maximum atomic E-state index is 13.2. The van der Waals surface area contributed by atoms with Gasteiger partial charge in [-0.3, -0.25) is 14.4 Å². The van der Waals surface area contributed by atoms with Crippen molar-refractivity contribution in [2.75, 3.05) is 23.5 Å². The number of aromatic amines is 1. The van der Waals surface area contributed by atoms with Gasteiger partial charge in [0.2, 0.25) is 11.8 Å².